The topological polar surface area (TPSA) is 54.3 Å². The van der Waals surface area contributed by atoms with Gasteiger partial charge in [0.1, 0.15) is 6.54 Å². The fourth-order valence-corrected chi connectivity index (χ4v) is 4.30. The summed E-state index contributed by atoms with van der Waals surface area (Å²) in [4.78, 5) is 27.9. The molecule has 1 aromatic heterocycles. The lowest BCUT2D eigenvalue weighted by Crippen LogP contribution is -2.40. The summed E-state index contributed by atoms with van der Waals surface area (Å²) in [6.45, 7) is 2.95. The maximum absolute atomic E-state index is 13.1. The molecule has 3 aromatic rings. The molecule has 0 bridgehead atoms. The predicted molar refractivity (Wildman–Crippen MR) is 121 cm³/mol. The molecule has 4 rings (SSSR count). The number of fused-ring (bicyclic) bond motifs is 2. The Labute approximate surface area is 177 Å². The molecular formula is C23H28ClN3O2. The summed E-state index contributed by atoms with van der Waals surface area (Å²) >= 11 is 0. The molecule has 1 amide bonds. The number of nitrogens with one attached hydrogen (secondary N) is 1. The molecule has 5 nitrogen and oxygen atoms in total. The van der Waals surface area contributed by atoms with Crippen LogP contribution in [-0.4, -0.2) is 42.1 Å². The number of hydrogen-bond acceptors (Lipinski definition) is 3. The molecule has 0 unspecified atom stereocenters. The average molecular weight is 414 g/mol. The molecule has 1 aliphatic heterocycles. The number of carbonyl (C=O) groups excluding carboxylic acids is 1. The molecule has 0 radical (unpaired) electrons. The summed E-state index contributed by atoms with van der Waals surface area (Å²) < 4.78 is 2.00. The minimum atomic E-state index is 0. The Morgan fingerprint density at radius 3 is 2.10 bits per heavy atom. The highest BCUT2D eigenvalue weighted by atomic mass is 35.5. The van der Waals surface area contributed by atoms with E-state index in [0.717, 1.165) is 43.5 Å². The normalized spacial score (nSPS) is 14.9. The van der Waals surface area contributed by atoms with Crippen molar-refractivity contribution in [3.63, 3.8) is 0 Å². The molecule has 0 atom stereocenters. The van der Waals surface area contributed by atoms with Crippen molar-refractivity contribution < 1.29 is 4.79 Å². The van der Waals surface area contributed by atoms with Gasteiger partial charge in [-0.2, -0.15) is 0 Å². The van der Waals surface area contributed by atoms with E-state index in [0.29, 0.717) is 16.7 Å². The van der Waals surface area contributed by atoms with Gasteiger partial charge in [0.05, 0.1) is 11.0 Å². The summed E-state index contributed by atoms with van der Waals surface area (Å²) in [7, 11) is 1.98. The minimum Gasteiger partial charge on any atom is -0.341 e. The van der Waals surface area contributed by atoms with E-state index < -0.39 is 0 Å². The summed E-state index contributed by atoms with van der Waals surface area (Å²) in [6, 6.07) is 15.1. The standard InChI is InChI=1S/C23H27N3O2.ClH/c1-24-13-10-17-11-14-25(15-12-17)22(27)16-26-20-8-4-2-6-18(20)23(28)19-7-3-5-9-21(19)26;/h2-9,17,24H,10-16H2,1H3;1H. The Balaban J connectivity index is 0.00000240. The molecule has 154 valence electrons. The number of nitrogens with zero attached hydrogens (tertiary/aromatic N) is 2. The van der Waals surface area contributed by atoms with Crippen LogP contribution in [-0.2, 0) is 11.3 Å². The highest BCUT2D eigenvalue weighted by molar-refractivity contribution is 5.94. The zero-order valence-electron chi connectivity index (χ0n) is 16.8. The fraction of sp³-hybridized carbons (Fsp3) is 0.391. The van der Waals surface area contributed by atoms with E-state index in [1.165, 1.54) is 6.42 Å². The SMILES string of the molecule is CNCCC1CCN(C(=O)Cn2c3ccccc3c(=O)c3ccccc32)CC1.Cl. The number of halogens is 1. The van der Waals surface area contributed by atoms with Crippen LogP contribution in [0.4, 0.5) is 0 Å². The second-order valence-electron chi connectivity index (χ2n) is 7.67. The third kappa shape index (κ3) is 4.31. The van der Waals surface area contributed by atoms with Crippen LogP contribution in [0.3, 0.4) is 0 Å². The number of piperidine rings is 1. The molecular weight excluding hydrogens is 386 g/mol. The number of carbonyl (C=O) groups is 1. The van der Waals surface area contributed by atoms with E-state index in [9.17, 15) is 9.59 Å². The molecule has 0 spiro atoms. The van der Waals surface area contributed by atoms with Gasteiger partial charge in [0, 0.05) is 23.9 Å². The van der Waals surface area contributed by atoms with Gasteiger partial charge in [-0.05, 0) is 63.0 Å². The van der Waals surface area contributed by atoms with E-state index in [1.807, 2.05) is 65.0 Å². The quantitative estimate of drug-likeness (QED) is 0.652. The van der Waals surface area contributed by atoms with Crippen molar-refractivity contribution in [1.29, 1.82) is 0 Å². The number of hydrogen-bond donors (Lipinski definition) is 1. The predicted octanol–water partition coefficient (Wildman–Crippen LogP) is 3.42. The maximum atomic E-state index is 13.1. The van der Waals surface area contributed by atoms with Gasteiger partial charge >= 0.3 is 0 Å². The van der Waals surface area contributed by atoms with Crippen molar-refractivity contribution >= 4 is 40.1 Å². The molecule has 2 heterocycles. The Hall–Kier alpha value is -2.37. The van der Waals surface area contributed by atoms with Crippen LogP contribution in [0.25, 0.3) is 21.8 Å². The summed E-state index contributed by atoms with van der Waals surface area (Å²) in [5.41, 5.74) is 1.67. The molecule has 1 aliphatic rings. The first kappa shape index (κ1) is 21.3. The van der Waals surface area contributed by atoms with Crippen LogP contribution in [0, 0.1) is 5.92 Å². The average Bonchev–Trinajstić information content (AvgIpc) is 2.75. The molecule has 1 fully saturated rings. The van der Waals surface area contributed by atoms with Crippen molar-refractivity contribution in [1.82, 2.24) is 14.8 Å². The number of amides is 1. The smallest absolute Gasteiger partial charge is 0.242 e. The van der Waals surface area contributed by atoms with Crippen molar-refractivity contribution in [2.45, 2.75) is 25.8 Å². The molecule has 6 heteroatoms. The van der Waals surface area contributed by atoms with Gasteiger partial charge in [0.15, 0.2) is 5.43 Å². The molecule has 29 heavy (non-hydrogen) atoms. The van der Waals surface area contributed by atoms with Gasteiger partial charge in [-0.15, -0.1) is 12.4 Å². The molecule has 0 aliphatic carbocycles. The van der Waals surface area contributed by atoms with Gasteiger partial charge in [-0.25, -0.2) is 0 Å². The number of rotatable bonds is 5. The summed E-state index contributed by atoms with van der Waals surface area (Å²) in [5, 5.41) is 4.54. The third-order valence-electron chi connectivity index (χ3n) is 5.94. The molecule has 0 saturated carbocycles. The lowest BCUT2D eigenvalue weighted by molar-refractivity contribution is -0.133. The lowest BCUT2D eigenvalue weighted by atomic mass is 9.93. The minimum absolute atomic E-state index is 0. The molecule has 2 aromatic carbocycles. The van der Waals surface area contributed by atoms with Crippen LogP contribution in [0.15, 0.2) is 53.3 Å². The summed E-state index contributed by atoms with van der Waals surface area (Å²) in [6.07, 6.45) is 3.31. The zero-order chi connectivity index (χ0) is 19.5. The fourth-order valence-electron chi connectivity index (χ4n) is 4.30. The van der Waals surface area contributed by atoms with Crippen molar-refractivity contribution in [2.75, 3.05) is 26.7 Å². The highest BCUT2D eigenvalue weighted by Crippen LogP contribution is 2.22. The van der Waals surface area contributed by atoms with Crippen LogP contribution >= 0.6 is 12.4 Å². The van der Waals surface area contributed by atoms with Gasteiger partial charge in [-0.1, -0.05) is 24.3 Å². The second kappa shape index (κ2) is 9.42. The zero-order valence-corrected chi connectivity index (χ0v) is 17.6. The Morgan fingerprint density at radius 2 is 1.55 bits per heavy atom. The molecule has 1 saturated heterocycles. The first-order valence-electron chi connectivity index (χ1n) is 10.1. The number of likely N-dealkylation sites (tertiary alicyclic amines) is 1. The number of aromatic nitrogens is 1. The third-order valence-corrected chi connectivity index (χ3v) is 5.94. The van der Waals surface area contributed by atoms with Crippen LogP contribution < -0.4 is 10.7 Å². The van der Waals surface area contributed by atoms with Gasteiger partial charge in [0.2, 0.25) is 5.91 Å². The van der Waals surface area contributed by atoms with E-state index in [4.69, 9.17) is 0 Å². The van der Waals surface area contributed by atoms with E-state index >= 15 is 0 Å². The second-order valence-corrected chi connectivity index (χ2v) is 7.67. The van der Waals surface area contributed by atoms with E-state index in [1.54, 1.807) is 0 Å². The first-order valence-corrected chi connectivity index (χ1v) is 10.1. The van der Waals surface area contributed by atoms with Gasteiger partial charge in [-0.3, -0.25) is 9.59 Å². The van der Waals surface area contributed by atoms with Crippen molar-refractivity contribution in [3.05, 3.63) is 58.8 Å². The Bertz CT molecular complexity index is 995. The number of para-hydroxylation sites is 2. The van der Waals surface area contributed by atoms with Crippen molar-refractivity contribution in [3.8, 4) is 0 Å². The van der Waals surface area contributed by atoms with Crippen LogP contribution in [0.2, 0.25) is 0 Å². The molecule has 1 N–H and O–H groups in total. The summed E-state index contributed by atoms with van der Waals surface area (Å²) in [5.74, 6) is 0.830. The van der Waals surface area contributed by atoms with E-state index in [-0.39, 0.29) is 30.3 Å². The van der Waals surface area contributed by atoms with E-state index in [2.05, 4.69) is 5.32 Å². The number of pyridine rings is 1. The maximum Gasteiger partial charge on any atom is 0.242 e. The van der Waals surface area contributed by atoms with Gasteiger partial charge < -0.3 is 14.8 Å². The van der Waals surface area contributed by atoms with Crippen molar-refractivity contribution in [2.24, 2.45) is 5.92 Å². The van der Waals surface area contributed by atoms with Gasteiger partial charge in [0.25, 0.3) is 0 Å². The highest BCUT2D eigenvalue weighted by Gasteiger charge is 2.23. The largest absolute Gasteiger partial charge is 0.341 e. The Kier molecular flexibility index (Phi) is 6.93. The Morgan fingerprint density at radius 1 is 1.00 bits per heavy atom. The number of benzene rings is 2. The monoisotopic (exact) mass is 413 g/mol. The first-order chi connectivity index (χ1) is 13.7. The lowest BCUT2D eigenvalue weighted by Gasteiger charge is -2.32. The van der Waals surface area contributed by atoms with Crippen LogP contribution in [0.1, 0.15) is 19.3 Å². The van der Waals surface area contributed by atoms with Crippen LogP contribution in [0.5, 0.6) is 0 Å².